The number of aliphatic imine (C=N–C) groups is 1. The second-order valence-corrected chi connectivity index (χ2v) is 12.7. The standard InChI is InChI=1S/C14H25N6O13P3/c1-14(23)10(21)8(4-17-34(24,25)32-36(29,30)33-35(26,27)28)31-11(14)7-3-6-9(20(7)2)12(16-5-15)19-13(22)18-6/h5,7-8,10-11,21,23H,3-4H2,1-2H3,(H,29,30)(H2,17,24,25)(H2,26,27,28)(H3,15,16,18,19,22)/t7?,8-,10-,11+,14-/m1/s1. The van der Waals surface area contributed by atoms with Gasteiger partial charge >= 0.3 is 29.1 Å². The summed E-state index contributed by atoms with van der Waals surface area (Å²) in [6.45, 7) is 0.534. The molecule has 0 spiro atoms. The molecule has 3 unspecified atom stereocenters. The first-order chi connectivity index (χ1) is 16.4. The third kappa shape index (κ3) is 6.28. The lowest BCUT2D eigenvalue weighted by Gasteiger charge is -2.34. The second kappa shape index (κ2) is 9.96. The van der Waals surface area contributed by atoms with Gasteiger partial charge in [-0.3, -0.25) is 0 Å². The summed E-state index contributed by atoms with van der Waals surface area (Å²) in [6, 6.07) is -0.687. The molecule has 0 radical (unpaired) electrons. The summed E-state index contributed by atoms with van der Waals surface area (Å²) in [5.74, 6) is 0.0157. The van der Waals surface area contributed by atoms with Gasteiger partial charge in [0.1, 0.15) is 23.5 Å². The van der Waals surface area contributed by atoms with Gasteiger partial charge in [0.05, 0.1) is 18.5 Å². The predicted octanol–water partition coefficient (Wildman–Crippen LogP) is -2.46. The molecule has 22 heteroatoms. The lowest BCUT2D eigenvalue weighted by Crippen LogP contribution is -2.54. The average Bonchev–Trinajstić information content (AvgIpc) is 3.11. The van der Waals surface area contributed by atoms with Gasteiger partial charge in [-0.1, -0.05) is 0 Å². The van der Waals surface area contributed by atoms with E-state index in [1.165, 1.54) is 6.92 Å². The molecule has 1 fully saturated rings. The second-order valence-electron chi connectivity index (χ2n) is 8.12. The maximum absolute atomic E-state index is 12.1. The smallest absolute Gasteiger partial charge is 0.390 e. The van der Waals surface area contributed by atoms with Crippen molar-refractivity contribution >= 4 is 41.2 Å². The number of nitrogens with two attached hydrogens (primary N) is 1. The van der Waals surface area contributed by atoms with Gasteiger partial charge in [-0.25, -0.2) is 28.6 Å². The van der Waals surface area contributed by atoms with Gasteiger partial charge in [0.2, 0.25) is 0 Å². The zero-order chi connectivity index (χ0) is 27.3. The number of likely N-dealkylation sites (N-methyl/N-ethyl adjacent to an activating group) is 1. The number of fused-ring (bicyclic) bond motifs is 1. The Balaban J connectivity index is 1.75. The van der Waals surface area contributed by atoms with Crippen LogP contribution in [-0.4, -0.2) is 89.6 Å². The number of nitrogens with zero attached hydrogens (tertiary/aromatic N) is 3. The summed E-state index contributed by atoms with van der Waals surface area (Å²) in [4.78, 5) is 59.8. The molecule has 1 saturated heterocycles. The SMILES string of the molecule is CN1c2c(N=CN)nc(=O)[nH]c2CC1[C@@H]1O[C@H](CNP(=O)(O)OP(=O)(O)OP(=O)(O)O)[C@@H](O)[C@@]1(C)O. The predicted molar refractivity (Wildman–Crippen MR) is 120 cm³/mol. The maximum Gasteiger partial charge on any atom is 0.489 e. The fourth-order valence-corrected chi connectivity index (χ4v) is 7.33. The van der Waals surface area contributed by atoms with E-state index in [1.54, 1.807) is 11.9 Å². The third-order valence-corrected chi connectivity index (χ3v) is 9.51. The van der Waals surface area contributed by atoms with Crippen LogP contribution in [0, 0.1) is 0 Å². The van der Waals surface area contributed by atoms with E-state index in [0.717, 1.165) is 6.34 Å². The summed E-state index contributed by atoms with van der Waals surface area (Å²) in [6.07, 6.45) is -3.10. The fourth-order valence-electron chi connectivity index (χ4n) is 4.11. The molecule has 19 nitrogen and oxygen atoms in total. The van der Waals surface area contributed by atoms with Gasteiger partial charge in [0, 0.05) is 25.7 Å². The lowest BCUT2D eigenvalue weighted by molar-refractivity contribution is -0.0705. The number of rotatable bonds is 9. The van der Waals surface area contributed by atoms with Crippen LogP contribution in [0.1, 0.15) is 12.6 Å². The first-order valence-corrected chi connectivity index (χ1v) is 14.5. The van der Waals surface area contributed by atoms with Gasteiger partial charge < -0.3 is 50.1 Å². The zero-order valence-corrected chi connectivity index (χ0v) is 21.3. The highest BCUT2D eigenvalue weighted by molar-refractivity contribution is 7.67. The molecule has 1 aromatic heterocycles. The van der Waals surface area contributed by atoms with E-state index >= 15 is 0 Å². The molecule has 1 aromatic rings. The molecule has 0 aliphatic carbocycles. The number of ether oxygens (including phenoxy) is 1. The van der Waals surface area contributed by atoms with Crippen molar-refractivity contribution in [1.29, 1.82) is 0 Å². The average molecular weight is 578 g/mol. The molecule has 2 aliphatic heterocycles. The van der Waals surface area contributed by atoms with Crippen molar-refractivity contribution in [2.75, 3.05) is 18.5 Å². The molecular formula is C14H25N6O13P3. The van der Waals surface area contributed by atoms with Crippen molar-refractivity contribution in [1.82, 2.24) is 15.1 Å². The van der Waals surface area contributed by atoms with Gasteiger partial charge in [0.15, 0.2) is 5.82 Å². The van der Waals surface area contributed by atoms with E-state index < -0.39 is 65.6 Å². The van der Waals surface area contributed by atoms with Gasteiger partial charge in [0.25, 0.3) is 0 Å². The number of H-pyrrole nitrogens is 1. The Morgan fingerprint density at radius 2 is 1.97 bits per heavy atom. The first kappa shape index (κ1) is 29.0. The van der Waals surface area contributed by atoms with Crippen molar-refractivity contribution in [3.05, 3.63) is 16.2 Å². The molecule has 0 aromatic carbocycles. The van der Waals surface area contributed by atoms with Gasteiger partial charge in [-0.05, 0) is 6.92 Å². The molecular weight excluding hydrogens is 553 g/mol. The first-order valence-electron chi connectivity index (χ1n) is 9.92. The number of phosphoric acid groups is 2. The molecule has 0 saturated carbocycles. The molecule has 0 bridgehead atoms. The van der Waals surface area contributed by atoms with E-state index in [1.807, 2.05) is 5.09 Å². The van der Waals surface area contributed by atoms with Crippen LogP contribution in [0.3, 0.4) is 0 Å². The fraction of sp³-hybridized carbons (Fsp3) is 0.643. The number of anilines is 1. The van der Waals surface area contributed by atoms with Crippen molar-refractivity contribution in [3.63, 3.8) is 0 Å². The summed E-state index contributed by atoms with van der Waals surface area (Å²) in [7, 11) is -14.9. The number of hydrogen-bond acceptors (Lipinski definition) is 12. The monoisotopic (exact) mass is 578 g/mol. The molecule has 2 aliphatic rings. The van der Waals surface area contributed by atoms with E-state index in [4.69, 9.17) is 20.3 Å². The highest BCUT2D eigenvalue weighted by Gasteiger charge is 2.57. The summed E-state index contributed by atoms with van der Waals surface area (Å²) in [5, 5.41) is 23.4. The van der Waals surface area contributed by atoms with Crippen LogP contribution < -0.4 is 21.4 Å². The maximum atomic E-state index is 12.1. The topological polar surface area (TPSA) is 300 Å². The van der Waals surface area contributed by atoms with Crippen LogP contribution >= 0.6 is 23.4 Å². The molecule has 36 heavy (non-hydrogen) atoms. The summed E-state index contributed by atoms with van der Waals surface area (Å²) in [5.41, 5.74) is 3.51. The Labute approximate surface area is 202 Å². The Kier molecular flexibility index (Phi) is 8.02. The van der Waals surface area contributed by atoms with Crippen LogP contribution in [0.4, 0.5) is 11.5 Å². The van der Waals surface area contributed by atoms with Crippen LogP contribution in [0.15, 0.2) is 9.79 Å². The Morgan fingerprint density at radius 1 is 1.33 bits per heavy atom. The van der Waals surface area contributed by atoms with Crippen molar-refractivity contribution in [2.45, 2.75) is 43.3 Å². The normalized spacial score (nSPS) is 31.9. The van der Waals surface area contributed by atoms with E-state index in [-0.39, 0.29) is 12.2 Å². The molecule has 3 rings (SSSR count). The van der Waals surface area contributed by atoms with Crippen LogP contribution in [-0.2, 0) is 33.5 Å². The Bertz CT molecular complexity index is 1230. The van der Waals surface area contributed by atoms with Crippen LogP contribution in [0.2, 0.25) is 0 Å². The summed E-state index contributed by atoms with van der Waals surface area (Å²) < 4.78 is 47.5. The summed E-state index contributed by atoms with van der Waals surface area (Å²) >= 11 is 0. The van der Waals surface area contributed by atoms with E-state index in [9.17, 15) is 38.5 Å². The van der Waals surface area contributed by atoms with E-state index in [0.29, 0.717) is 11.4 Å². The quantitative estimate of drug-likeness (QED) is 0.0834. The molecule has 0 amide bonds. The molecule has 10 N–H and O–H groups in total. The Hall–Kier alpha value is -1.56. The van der Waals surface area contributed by atoms with Gasteiger partial charge in [-0.15, -0.1) is 0 Å². The minimum Gasteiger partial charge on any atom is -0.390 e. The molecule has 3 heterocycles. The zero-order valence-electron chi connectivity index (χ0n) is 18.6. The minimum absolute atomic E-state index is 0.0157. The largest absolute Gasteiger partial charge is 0.489 e. The van der Waals surface area contributed by atoms with Crippen LogP contribution in [0.25, 0.3) is 0 Å². The minimum atomic E-state index is -5.68. The lowest BCUT2D eigenvalue weighted by atomic mass is 9.88. The number of aromatic amines is 1. The van der Waals surface area contributed by atoms with Gasteiger partial charge in [-0.2, -0.15) is 13.6 Å². The highest BCUT2D eigenvalue weighted by atomic mass is 31.3. The van der Waals surface area contributed by atoms with Crippen molar-refractivity contribution in [2.24, 2.45) is 10.7 Å². The number of aliphatic hydroxyl groups is 2. The third-order valence-electron chi connectivity index (χ3n) is 5.54. The molecule has 204 valence electrons. The Morgan fingerprint density at radius 3 is 2.56 bits per heavy atom. The van der Waals surface area contributed by atoms with Crippen molar-refractivity contribution < 1.29 is 56.8 Å². The number of hydrogen-bond donors (Lipinski definition) is 9. The highest BCUT2D eigenvalue weighted by Crippen LogP contribution is 2.64. The van der Waals surface area contributed by atoms with Crippen LogP contribution in [0.5, 0.6) is 0 Å². The van der Waals surface area contributed by atoms with E-state index in [2.05, 4.69) is 23.6 Å². The van der Waals surface area contributed by atoms with Crippen molar-refractivity contribution in [3.8, 4) is 0 Å². The number of aromatic nitrogens is 2. The number of nitrogens with one attached hydrogen (secondary N) is 2. The number of aliphatic hydroxyl groups excluding tert-OH is 1. The molecule has 7 atom stereocenters.